The minimum Gasteiger partial charge on any atom is -0.465 e. The Bertz CT molecular complexity index is 519. The first-order chi connectivity index (χ1) is 7.70. The maximum absolute atomic E-state index is 13.0. The summed E-state index contributed by atoms with van der Waals surface area (Å²) < 4.78 is 17.6. The number of thiophene rings is 1. The van der Waals surface area contributed by atoms with Crippen molar-refractivity contribution in [1.29, 1.82) is 0 Å². The molecule has 16 heavy (non-hydrogen) atoms. The summed E-state index contributed by atoms with van der Waals surface area (Å²) in [5.41, 5.74) is 1.58. The fraction of sp³-hybridized carbons (Fsp3) is 0.0833. The van der Waals surface area contributed by atoms with Crippen molar-refractivity contribution in [3.63, 3.8) is 0 Å². The molecule has 0 aliphatic carbocycles. The van der Waals surface area contributed by atoms with Crippen LogP contribution in [-0.4, -0.2) is 13.1 Å². The van der Waals surface area contributed by atoms with E-state index < -0.39 is 0 Å². The van der Waals surface area contributed by atoms with Crippen molar-refractivity contribution in [3.05, 3.63) is 46.4 Å². The number of esters is 1. The van der Waals surface area contributed by atoms with Crippen molar-refractivity contribution in [1.82, 2.24) is 0 Å². The highest BCUT2D eigenvalue weighted by Crippen LogP contribution is 2.26. The highest BCUT2D eigenvalue weighted by atomic mass is 32.1. The first-order valence-electron chi connectivity index (χ1n) is 4.63. The molecule has 0 radical (unpaired) electrons. The van der Waals surface area contributed by atoms with Crippen LogP contribution in [0.3, 0.4) is 0 Å². The average molecular weight is 236 g/mol. The molecule has 1 heterocycles. The molecule has 2 aromatic rings. The lowest BCUT2D eigenvalue weighted by Crippen LogP contribution is -1.96. The molecule has 0 saturated carbocycles. The first-order valence-corrected chi connectivity index (χ1v) is 5.51. The number of hydrogen-bond acceptors (Lipinski definition) is 3. The van der Waals surface area contributed by atoms with Gasteiger partial charge in [-0.05, 0) is 34.7 Å². The van der Waals surface area contributed by atoms with Crippen molar-refractivity contribution < 1.29 is 13.9 Å². The number of benzene rings is 1. The van der Waals surface area contributed by atoms with Crippen molar-refractivity contribution in [3.8, 4) is 11.1 Å². The molecule has 0 N–H and O–H groups in total. The van der Waals surface area contributed by atoms with Crippen LogP contribution >= 0.6 is 11.3 Å². The molecule has 4 heteroatoms. The van der Waals surface area contributed by atoms with Gasteiger partial charge in [-0.15, -0.1) is 11.3 Å². The lowest BCUT2D eigenvalue weighted by molar-refractivity contribution is 0.0606. The first kappa shape index (κ1) is 10.8. The summed E-state index contributed by atoms with van der Waals surface area (Å²) in [6, 6.07) is 7.96. The minimum atomic E-state index is -0.368. The van der Waals surface area contributed by atoms with Gasteiger partial charge in [0.2, 0.25) is 0 Å². The van der Waals surface area contributed by atoms with Crippen LogP contribution in [0.15, 0.2) is 35.7 Å². The van der Waals surface area contributed by atoms with Gasteiger partial charge >= 0.3 is 5.97 Å². The normalized spacial score (nSPS) is 10.1. The van der Waals surface area contributed by atoms with Crippen LogP contribution in [0.4, 0.5) is 4.39 Å². The highest BCUT2D eigenvalue weighted by Gasteiger charge is 2.10. The number of carbonyl (C=O) groups excluding carboxylic acids is 1. The van der Waals surface area contributed by atoms with E-state index in [1.807, 2.05) is 0 Å². The zero-order valence-corrected chi connectivity index (χ0v) is 9.38. The summed E-state index contributed by atoms with van der Waals surface area (Å²) in [4.78, 5) is 11.8. The van der Waals surface area contributed by atoms with E-state index in [2.05, 4.69) is 4.74 Å². The quantitative estimate of drug-likeness (QED) is 0.747. The smallest absolute Gasteiger partial charge is 0.348 e. The van der Waals surface area contributed by atoms with E-state index in [9.17, 15) is 9.18 Å². The molecule has 0 aliphatic heterocycles. The lowest BCUT2D eigenvalue weighted by Gasteiger charge is -1.96. The summed E-state index contributed by atoms with van der Waals surface area (Å²) in [7, 11) is 1.34. The Hall–Kier alpha value is -1.68. The Labute approximate surface area is 96.3 Å². The van der Waals surface area contributed by atoms with Crippen molar-refractivity contribution in [2.24, 2.45) is 0 Å². The summed E-state index contributed by atoms with van der Waals surface area (Å²) in [5.74, 6) is -0.657. The average Bonchev–Trinajstić information content (AvgIpc) is 2.77. The van der Waals surface area contributed by atoms with Gasteiger partial charge in [-0.25, -0.2) is 9.18 Å². The van der Waals surface area contributed by atoms with Crippen LogP contribution in [-0.2, 0) is 4.74 Å². The molecule has 0 bridgehead atoms. The largest absolute Gasteiger partial charge is 0.465 e. The lowest BCUT2D eigenvalue weighted by atomic mass is 10.1. The predicted octanol–water partition coefficient (Wildman–Crippen LogP) is 3.34. The number of rotatable bonds is 2. The summed E-state index contributed by atoms with van der Waals surface area (Å²) in [6.07, 6.45) is 0. The number of ether oxygens (including phenoxy) is 1. The zero-order valence-electron chi connectivity index (χ0n) is 8.57. The van der Waals surface area contributed by atoms with Crippen LogP contribution in [0.25, 0.3) is 11.1 Å². The fourth-order valence-electron chi connectivity index (χ4n) is 1.36. The summed E-state index contributed by atoms with van der Waals surface area (Å²) in [5, 5.41) is 1.81. The van der Waals surface area contributed by atoms with Gasteiger partial charge < -0.3 is 4.74 Å². The van der Waals surface area contributed by atoms with E-state index >= 15 is 0 Å². The van der Waals surface area contributed by atoms with E-state index in [0.717, 1.165) is 11.1 Å². The van der Waals surface area contributed by atoms with Crippen LogP contribution in [0.5, 0.6) is 0 Å². The molecular formula is C12H9FO2S. The molecule has 1 aromatic heterocycles. The number of methoxy groups -OCH3 is 1. The molecule has 0 aliphatic rings. The third kappa shape index (κ3) is 2.12. The predicted molar refractivity (Wildman–Crippen MR) is 61.1 cm³/mol. The molecule has 0 saturated heterocycles. The molecule has 0 amide bonds. The second-order valence-electron chi connectivity index (χ2n) is 3.20. The Morgan fingerprint density at radius 2 is 2.12 bits per heavy atom. The third-order valence-electron chi connectivity index (χ3n) is 2.14. The van der Waals surface area contributed by atoms with Gasteiger partial charge in [0.25, 0.3) is 0 Å². The Balaban J connectivity index is 2.35. The fourth-order valence-corrected chi connectivity index (χ4v) is 2.20. The number of carbonyl (C=O) groups is 1. The minimum absolute atomic E-state index is 0.289. The SMILES string of the molecule is COC(=O)c1cc(-c2cccc(F)c2)cs1. The summed E-state index contributed by atoms with van der Waals surface area (Å²) >= 11 is 1.29. The van der Waals surface area contributed by atoms with Crippen LogP contribution in [0.1, 0.15) is 9.67 Å². The van der Waals surface area contributed by atoms with Gasteiger partial charge in [-0.2, -0.15) is 0 Å². The van der Waals surface area contributed by atoms with Crippen LogP contribution in [0.2, 0.25) is 0 Å². The summed E-state index contributed by atoms with van der Waals surface area (Å²) in [6.45, 7) is 0. The monoisotopic (exact) mass is 236 g/mol. The Morgan fingerprint density at radius 3 is 2.81 bits per heavy atom. The van der Waals surface area contributed by atoms with E-state index in [1.165, 1.54) is 30.6 Å². The molecule has 0 atom stereocenters. The van der Waals surface area contributed by atoms with Gasteiger partial charge in [0.15, 0.2) is 0 Å². The van der Waals surface area contributed by atoms with Crippen molar-refractivity contribution in [2.45, 2.75) is 0 Å². The Kier molecular flexibility index (Phi) is 3.01. The van der Waals surface area contributed by atoms with E-state index in [0.29, 0.717) is 4.88 Å². The van der Waals surface area contributed by atoms with Crippen LogP contribution in [0, 0.1) is 5.82 Å². The van der Waals surface area contributed by atoms with Crippen molar-refractivity contribution in [2.75, 3.05) is 7.11 Å². The molecule has 0 fully saturated rings. The molecule has 2 rings (SSSR count). The molecule has 1 aromatic carbocycles. The Morgan fingerprint density at radius 1 is 1.31 bits per heavy atom. The molecule has 2 nitrogen and oxygen atoms in total. The maximum atomic E-state index is 13.0. The molecular weight excluding hydrogens is 227 g/mol. The van der Waals surface area contributed by atoms with E-state index in [1.54, 1.807) is 23.6 Å². The van der Waals surface area contributed by atoms with Gasteiger partial charge in [0, 0.05) is 0 Å². The van der Waals surface area contributed by atoms with Gasteiger partial charge in [-0.1, -0.05) is 12.1 Å². The van der Waals surface area contributed by atoms with Gasteiger partial charge in [0.1, 0.15) is 10.7 Å². The standard InChI is InChI=1S/C12H9FO2S/c1-15-12(14)11-6-9(7-16-11)8-3-2-4-10(13)5-8/h2-7H,1H3. The number of hydrogen-bond donors (Lipinski definition) is 0. The third-order valence-corrected chi connectivity index (χ3v) is 3.05. The second kappa shape index (κ2) is 4.45. The topological polar surface area (TPSA) is 26.3 Å². The van der Waals surface area contributed by atoms with Crippen molar-refractivity contribution >= 4 is 17.3 Å². The molecule has 0 unspecified atom stereocenters. The maximum Gasteiger partial charge on any atom is 0.348 e. The van der Waals surface area contributed by atoms with E-state index in [4.69, 9.17) is 0 Å². The zero-order chi connectivity index (χ0) is 11.5. The van der Waals surface area contributed by atoms with E-state index in [-0.39, 0.29) is 11.8 Å². The molecule has 0 spiro atoms. The highest BCUT2D eigenvalue weighted by molar-refractivity contribution is 7.12. The molecule has 82 valence electrons. The number of halogens is 1. The van der Waals surface area contributed by atoms with Gasteiger partial charge in [0.05, 0.1) is 7.11 Å². The van der Waals surface area contributed by atoms with Gasteiger partial charge in [-0.3, -0.25) is 0 Å². The second-order valence-corrected chi connectivity index (χ2v) is 4.11. The van der Waals surface area contributed by atoms with Crippen LogP contribution < -0.4 is 0 Å².